The van der Waals surface area contributed by atoms with E-state index in [2.05, 4.69) is 0 Å². The highest BCUT2D eigenvalue weighted by Crippen LogP contribution is 2.29. The quantitative estimate of drug-likeness (QED) is 0.525. The first-order valence-corrected chi connectivity index (χ1v) is 7.63. The molecule has 0 aliphatic carbocycles. The van der Waals surface area contributed by atoms with Crippen molar-refractivity contribution in [3.63, 3.8) is 0 Å². The molecule has 1 aliphatic rings. The number of nitrogen functional groups attached to an aromatic ring is 1. The number of hydrogen-bond acceptors (Lipinski definition) is 5. The third-order valence-electron chi connectivity index (χ3n) is 3.43. The molecule has 1 aromatic carbocycles. The normalized spacial score (nSPS) is 18.6. The minimum absolute atomic E-state index is 0.136. The number of nitrogens with two attached hydrogens (primary N) is 1. The molecule has 0 radical (unpaired) electrons. The van der Waals surface area contributed by atoms with Gasteiger partial charge in [-0.15, -0.1) is 0 Å². The summed E-state index contributed by atoms with van der Waals surface area (Å²) >= 11 is 1.79. The average Bonchev–Trinajstić information content (AvgIpc) is 2.48. The number of anilines is 1. The van der Waals surface area contributed by atoms with E-state index in [9.17, 15) is 19.3 Å². The van der Waals surface area contributed by atoms with Gasteiger partial charge in [-0.3, -0.25) is 14.9 Å². The Morgan fingerprint density at radius 2 is 2.33 bits per heavy atom. The van der Waals surface area contributed by atoms with Crippen LogP contribution >= 0.6 is 11.8 Å². The molecule has 8 heteroatoms. The summed E-state index contributed by atoms with van der Waals surface area (Å²) in [5.41, 5.74) is 4.68. The van der Waals surface area contributed by atoms with Crippen molar-refractivity contribution in [1.82, 2.24) is 4.90 Å². The van der Waals surface area contributed by atoms with Crippen LogP contribution in [0.2, 0.25) is 0 Å². The molecule has 1 atom stereocenters. The van der Waals surface area contributed by atoms with Crippen molar-refractivity contribution in [3.8, 4) is 0 Å². The summed E-state index contributed by atoms with van der Waals surface area (Å²) in [5, 5.41) is 11.2. The number of hydrogen-bond donors (Lipinski definition) is 1. The molecule has 0 bridgehead atoms. The van der Waals surface area contributed by atoms with Crippen LogP contribution in [0.5, 0.6) is 0 Å². The summed E-state index contributed by atoms with van der Waals surface area (Å²) in [6.07, 6.45) is 0.924. The largest absolute Gasteiger partial charge is 0.393 e. The Bertz CT molecular complexity index is 582. The second kappa shape index (κ2) is 6.30. The summed E-state index contributed by atoms with van der Waals surface area (Å²) in [7, 11) is 0. The Kier molecular flexibility index (Phi) is 4.66. The van der Waals surface area contributed by atoms with E-state index >= 15 is 0 Å². The van der Waals surface area contributed by atoms with Gasteiger partial charge in [0, 0.05) is 24.1 Å². The number of nitro benzene ring substituents is 1. The van der Waals surface area contributed by atoms with Crippen molar-refractivity contribution in [2.75, 3.05) is 24.6 Å². The lowest BCUT2D eigenvalue weighted by molar-refractivity contribution is -0.384. The first kappa shape index (κ1) is 15.6. The summed E-state index contributed by atoms with van der Waals surface area (Å²) in [5.74, 6) is -0.492. The molecule has 1 amide bonds. The van der Waals surface area contributed by atoms with Gasteiger partial charge in [0.25, 0.3) is 11.6 Å². The SMILES string of the molecule is CCC1CN(C(=O)c2cc(F)cc([N+](=O)[O-])c2N)CCS1. The zero-order valence-electron chi connectivity index (χ0n) is 11.5. The minimum atomic E-state index is -0.835. The van der Waals surface area contributed by atoms with Crippen LogP contribution in [0, 0.1) is 15.9 Å². The maximum absolute atomic E-state index is 13.5. The van der Waals surface area contributed by atoms with Gasteiger partial charge in [0.1, 0.15) is 11.5 Å². The van der Waals surface area contributed by atoms with E-state index in [1.54, 1.807) is 16.7 Å². The molecule has 1 saturated heterocycles. The maximum Gasteiger partial charge on any atom is 0.295 e. The van der Waals surface area contributed by atoms with E-state index < -0.39 is 22.3 Å². The fourth-order valence-corrected chi connectivity index (χ4v) is 3.43. The smallest absolute Gasteiger partial charge is 0.295 e. The van der Waals surface area contributed by atoms with Gasteiger partial charge in [-0.25, -0.2) is 4.39 Å². The fourth-order valence-electron chi connectivity index (χ4n) is 2.25. The molecule has 1 aromatic rings. The fraction of sp³-hybridized carbons (Fsp3) is 0.462. The second-order valence-corrected chi connectivity index (χ2v) is 6.20. The topological polar surface area (TPSA) is 89.5 Å². The minimum Gasteiger partial charge on any atom is -0.393 e. The summed E-state index contributed by atoms with van der Waals surface area (Å²) in [6, 6.07) is 1.69. The highest BCUT2D eigenvalue weighted by molar-refractivity contribution is 8.00. The molecule has 2 rings (SSSR count). The number of rotatable bonds is 3. The van der Waals surface area contributed by atoms with Crippen molar-refractivity contribution in [2.45, 2.75) is 18.6 Å². The lowest BCUT2D eigenvalue weighted by Gasteiger charge is -2.32. The van der Waals surface area contributed by atoms with Crippen LogP contribution in [0.3, 0.4) is 0 Å². The van der Waals surface area contributed by atoms with Crippen molar-refractivity contribution in [2.24, 2.45) is 0 Å². The maximum atomic E-state index is 13.5. The van der Waals surface area contributed by atoms with E-state index in [1.807, 2.05) is 6.92 Å². The van der Waals surface area contributed by atoms with Crippen LogP contribution < -0.4 is 5.73 Å². The van der Waals surface area contributed by atoms with Crippen LogP contribution in [0.4, 0.5) is 15.8 Å². The van der Waals surface area contributed by atoms with Gasteiger partial charge in [0.15, 0.2) is 0 Å². The van der Waals surface area contributed by atoms with E-state index in [-0.39, 0.29) is 11.3 Å². The third-order valence-corrected chi connectivity index (χ3v) is 4.80. The number of thioether (sulfide) groups is 1. The molecule has 0 aromatic heterocycles. The van der Waals surface area contributed by atoms with Crippen molar-refractivity contribution in [1.29, 1.82) is 0 Å². The summed E-state index contributed by atoms with van der Waals surface area (Å²) in [6.45, 7) is 3.11. The zero-order valence-corrected chi connectivity index (χ0v) is 12.4. The van der Waals surface area contributed by atoms with Crippen molar-refractivity contribution >= 4 is 29.0 Å². The number of nitro groups is 1. The van der Waals surface area contributed by atoms with Gasteiger partial charge >= 0.3 is 0 Å². The average molecular weight is 313 g/mol. The molecule has 1 unspecified atom stereocenters. The monoisotopic (exact) mass is 313 g/mol. The highest BCUT2D eigenvalue weighted by Gasteiger charge is 2.28. The number of amides is 1. The van der Waals surface area contributed by atoms with E-state index in [4.69, 9.17) is 5.73 Å². The van der Waals surface area contributed by atoms with Gasteiger partial charge < -0.3 is 10.6 Å². The predicted octanol–water partition coefficient (Wildman–Crippen LogP) is 2.28. The number of nitrogens with zero attached hydrogens (tertiary/aromatic N) is 2. The molecular formula is C13H16FN3O3S. The Morgan fingerprint density at radius 1 is 1.62 bits per heavy atom. The molecule has 1 fully saturated rings. The van der Waals surface area contributed by atoms with Gasteiger partial charge in [0.2, 0.25) is 0 Å². The van der Waals surface area contributed by atoms with Crippen LogP contribution in [0.1, 0.15) is 23.7 Å². The van der Waals surface area contributed by atoms with E-state index in [1.165, 1.54) is 0 Å². The number of carbonyl (C=O) groups is 1. The molecule has 1 heterocycles. The number of halogens is 1. The van der Waals surface area contributed by atoms with E-state index in [0.717, 1.165) is 24.3 Å². The number of benzene rings is 1. The molecule has 21 heavy (non-hydrogen) atoms. The summed E-state index contributed by atoms with van der Waals surface area (Å²) in [4.78, 5) is 24.1. The van der Waals surface area contributed by atoms with Gasteiger partial charge in [-0.1, -0.05) is 6.92 Å². The predicted molar refractivity (Wildman–Crippen MR) is 79.9 cm³/mol. The van der Waals surface area contributed by atoms with Crippen LogP contribution in [-0.4, -0.2) is 39.8 Å². The molecule has 6 nitrogen and oxygen atoms in total. The molecule has 0 saturated carbocycles. The van der Waals surface area contributed by atoms with Crippen molar-refractivity contribution < 1.29 is 14.1 Å². The Labute approximate surface area is 125 Å². The molecular weight excluding hydrogens is 297 g/mol. The van der Waals surface area contributed by atoms with Gasteiger partial charge in [-0.05, 0) is 12.5 Å². The van der Waals surface area contributed by atoms with Crippen LogP contribution in [0.15, 0.2) is 12.1 Å². The Balaban J connectivity index is 2.33. The standard InChI is InChI=1S/C13H16FN3O3S/c1-2-9-7-16(3-4-21-9)13(18)10-5-8(14)6-11(12(10)15)17(19)20/h5-6,9H,2-4,7,15H2,1H3. The second-order valence-electron chi connectivity index (χ2n) is 4.80. The molecule has 0 spiro atoms. The molecule has 114 valence electrons. The van der Waals surface area contributed by atoms with Crippen LogP contribution in [-0.2, 0) is 0 Å². The summed E-state index contributed by atoms with van der Waals surface area (Å²) < 4.78 is 13.5. The van der Waals surface area contributed by atoms with Gasteiger partial charge in [0.05, 0.1) is 16.6 Å². The lowest BCUT2D eigenvalue weighted by atomic mass is 10.1. The van der Waals surface area contributed by atoms with E-state index in [0.29, 0.717) is 18.3 Å². The highest BCUT2D eigenvalue weighted by atomic mass is 32.2. The third kappa shape index (κ3) is 3.26. The van der Waals surface area contributed by atoms with Gasteiger partial charge in [-0.2, -0.15) is 11.8 Å². The Hall–Kier alpha value is -1.83. The van der Waals surface area contributed by atoms with Crippen LogP contribution in [0.25, 0.3) is 0 Å². The lowest BCUT2D eigenvalue weighted by Crippen LogP contribution is -2.42. The molecule has 1 aliphatic heterocycles. The van der Waals surface area contributed by atoms with Crippen molar-refractivity contribution in [3.05, 3.63) is 33.6 Å². The first-order chi connectivity index (χ1) is 9.93. The zero-order chi connectivity index (χ0) is 15.6. The molecule has 2 N–H and O–H groups in total. The first-order valence-electron chi connectivity index (χ1n) is 6.58. The number of carbonyl (C=O) groups excluding carboxylic acids is 1. The Morgan fingerprint density at radius 3 is 2.95 bits per heavy atom.